The van der Waals surface area contributed by atoms with Crippen molar-refractivity contribution < 1.29 is 13.2 Å². The van der Waals surface area contributed by atoms with Crippen LogP contribution < -0.4 is 5.32 Å². The molecule has 0 saturated heterocycles. The van der Waals surface area contributed by atoms with Gasteiger partial charge in [-0.05, 0) is 29.8 Å². The highest BCUT2D eigenvalue weighted by Gasteiger charge is 2.17. The van der Waals surface area contributed by atoms with E-state index < -0.39 is 9.84 Å². The Bertz CT molecular complexity index is 1040. The van der Waals surface area contributed by atoms with Gasteiger partial charge in [-0.2, -0.15) is 0 Å². The van der Waals surface area contributed by atoms with E-state index in [1.165, 1.54) is 0 Å². The number of sulfone groups is 1. The van der Waals surface area contributed by atoms with Gasteiger partial charge >= 0.3 is 0 Å². The van der Waals surface area contributed by atoms with Crippen molar-refractivity contribution in [1.82, 2.24) is 14.9 Å². The average Bonchev–Trinajstić information content (AvgIpc) is 2.90. The molecule has 8 heteroatoms. The molecule has 1 N–H and O–H groups in total. The summed E-state index contributed by atoms with van der Waals surface area (Å²) in [4.78, 5) is 16.7. The quantitative estimate of drug-likeness (QED) is 0.700. The summed E-state index contributed by atoms with van der Waals surface area (Å²) in [6.45, 7) is 0.364. The van der Waals surface area contributed by atoms with Crippen LogP contribution in [0.4, 0.5) is 0 Å². The molecule has 2 aromatic carbocycles. The highest BCUT2D eigenvalue weighted by molar-refractivity contribution is 7.89. The molecule has 0 unspecified atom stereocenters. The van der Waals surface area contributed by atoms with Crippen LogP contribution in [0, 0.1) is 0 Å². The molecule has 0 aliphatic carbocycles. The molecule has 0 bridgehead atoms. The van der Waals surface area contributed by atoms with Gasteiger partial charge in [0.05, 0.1) is 11.0 Å². The molecule has 136 valence electrons. The van der Waals surface area contributed by atoms with E-state index in [4.69, 9.17) is 11.6 Å². The Morgan fingerprint density at radius 1 is 1.15 bits per heavy atom. The van der Waals surface area contributed by atoms with Crippen LogP contribution in [0.25, 0.3) is 11.0 Å². The third kappa shape index (κ3) is 4.62. The molecule has 0 aliphatic heterocycles. The molecule has 1 heterocycles. The fraction of sp³-hybridized carbons (Fsp3) is 0.222. The zero-order valence-electron chi connectivity index (χ0n) is 14.1. The van der Waals surface area contributed by atoms with Crippen molar-refractivity contribution in [3.63, 3.8) is 0 Å². The first-order chi connectivity index (χ1) is 12.3. The van der Waals surface area contributed by atoms with Crippen LogP contribution in [0.2, 0.25) is 5.02 Å². The number of halogens is 1. The second kappa shape index (κ2) is 7.47. The Balaban J connectivity index is 1.79. The lowest BCUT2D eigenvalue weighted by Crippen LogP contribution is -2.28. The summed E-state index contributed by atoms with van der Waals surface area (Å²) >= 11 is 5.85. The molecule has 1 aromatic heterocycles. The van der Waals surface area contributed by atoms with Crippen molar-refractivity contribution in [2.75, 3.05) is 6.26 Å². The molecule has 0 radical (unpaired) electrons. The Morgan fingerprint density at radius 2 is 1.85 bits per heavy atom. The van der Waals surface area contributed by atoms with E-state index in [9.17, 15) is 13.2 Å². The summed E-state index contributed by atoms with van der Waals surface area (Å²) in [5, 5.41) is 3.47. The number of para-hydroxylation sites is 2. The van der Waals surface area contributed by atoms with Crippen LogP contribution in [-0.2, 0) is 33.5 Å². The Labute approximate surface area is 156 Å². The van der Waals surface area contributed by atoms with Gasteiger partial charge in [-0.3, -0.25) is 4.79 Å². The Kier molecular flexibility index (Phi) is 5.29. The highest BCUT2D eigenvalue weighted by Crippen LogP contribution is 2.17. The van der Waals surface area contributed by atoms with E-state index in [-0.39, 0.29) is 18.2 Å². The number of rotatable bonds is 6. The second-order valence-electron chi connectivity index (χ2n) is 6.08. The Morgan fingerprint density at radius 3 is 2.54 bits per heavy atom. The monoisotopic (exact) mass is 391 g/mol. The molecule has 0 atom stereocenters. The number of carbonyl (C=O) groups is 1. The number of amides is 1. The van der Waals surface area contributed by atoms with Crippen molar-refractivity contribution in [2.24, 2.45) is 0 Å². The summed E-state index contributed by atoms with van der Waals surface area (Å²) in [5.74, 6) is -0.0835. The number of imidazole rings is 1. The predicted octanol–water partition coefficient (Wildman–Crippen LogP) is 2.55. The third-order valence-corrected chi connectivity index (χ3v) is 4.86. The average molecular weight is 392 g/mol. The largest absolute Gasteiger partial charge is 0.350 e. The normalized spacial score (nSPS) is 11.6. The van der Waals surface area contributed by atoms with Crippen molar-refractivity contribution >= 4 is 38.4 Å². The molecule has 0 aliphatic rings. The number of hydrogen-bond acceptors (Lipinski definition) is 4. The highest BCUT2D eigenvalue weighted by atomic mass is 35.5. The first-order valence-electron chi connectivity index (χ1n) is 7.95. The number of benzene rings is 2. The number of fused-ring (bicyclic) bond motifs is 1. The van der Waals surface area contributed by atoms with Gasteiger partial charge in [0.1, 0.15) is 18.1 Å². The van der Waals surface area contributed by atoms with Gasteiger partial charge in [0.2, 0.25) is 5.91 Å². The van der Waals surface area contributed by atoms with Crippen LogP contribution in [0.3, 0.4) is 0 Å². The van der Waals surface area contributed by atoms with Gasteiger partial charge in [-0.25, -0.2) is 13.4 Å². The molecular formula is C18H18ClN3O3S. The van der Waals surface area contributed by atoms with Crippen LogP contribution in [0.5, 0.6) is 0 Å². The fourth-order valence-corrected chi connectivity index (χ4v) is 3.46. The van der Waals surface area contributed by atoms with Crippen molar-refractivity contribution in [1.29, 1.82) is 0 Å². The maximum atomic E-state index is 12.4. The first kappa shape index (κ1) is 18.4. The van der Waals surface area contributed by atoms with Crippen LogP contribution in [0.1, 0.15) is 11.4 Å². The number of hydrogen-bond donors (Lipinski definition) is 1. The molecule has 6 nitrogen and oxygen atoms in total. The topological polar surface area (TPSA) is 81.1 Å². The molecule has 3 rings (SSSR count). The van der Waals surface area contributed by atoms with E-state index >= 15 is 0 Å². The van der Waals surface area contributed by atoms with Gasteiger partial charge in [0.15, 0.2) is 9.84 Å². The lowest BCUT2D eigenvalue weighted by Gasteiger charge is -2.10. The van der Waals surface area contributed by atoms with Gasteiger partial charge in [0, 0.05) is 17.8 Å². The number of carbonyl (C=O) groups excluding carboxylic acids is 1. The predicted molar refractivity (Wildman–Crippen MR) is 102 cm³/mol. The number of nitrogens with zero attached hydrogens (tertiary/aromatic N) is 2. The molecule has 0 saturated carbocycles. The maximum Gasteiger partial charge on any atom is 0.240 e. The summed E-state index contributed by atoms with van der Waals surface area (Å²) < 4.78 is 25.0. The zero-order chi connectivity index (χ0) is 18.7. The van der Waals surface area contributed by atoms with Gasteiger partial charge < -0.3 is 9.88 Å². The lowest BCUT2D eigenvalue weighted by atomic mass is 10.2. The molecule has 26 heavy (non-hydrogen) atoms. The summed E-state index contributed by atoms with van der Waals surface area (Å²) in [6, 6.07) is 14.5. The molecule has 1 amide bonds. The van der Waals surface area contributed by atoms with Crippen LogP contribution in [0.15, 0.2) is 48.5 Å². The second-order valence-corrected chi connectivity index (χ2v) is 8.65. The molecule has 0 fully saturated rings. The van der Waals surface area contributed by atoms with E-state index in [1.54, 1.807) is 22.8 Å². The minimum absolute atomic E-state index is 0.00104. The van der Waals surface area contributed by atoms with E-state index in [1.807, 2.05) is 30.3 Å². The minimum atomic E-state index is -3.27. The van der Waals surface area contributed by atoms with Crippen LogP contribution >= 0.6 is 11.6 Å². The lowest BCUT2D eigenvalue weighted by molar-refractivity contribution is -0.121. The van der Waals surface area contributed by atoms with Gasteiger partial charge in [0.25, 0.3) is 0 Å². The van der Waals surface area contributed by atoms with E-state index in [0.29, 0.717) is 22.9 Å². The van der Waals surface area contributed by atoms with Crippen molar-refractivity contribution in [2.45, 2.75) is 18.8 Å². The zero-order valence-corrected chi connectivity index (χ0v) is 15.7. The summed E-state index contributed by atoms with van der Waals surface area (Å²) in [6.07, 6.45) is 1.15. The SMILES string of the molecule is CS(=O)(=O)Cc1nc2ccccc2n1CC(=O)NCc1ccc(Cl)cc1. The first-order valence-corrected chi connectivity index (χ1v) is 10.4. The third-order valence-electron chi connectivity index (χ3n) is 3.83. The summed E-state index contributed by atoms with van der Waals surface area (Å²) in [5.41, 5.74) is 2.32. The summed E-state index contributed by atoms with van der Waals surface area (Å²) in [7, 11) is -3.27. The number of aromatic nitrogens is 2. The van der Waals surface area contributed by atoms with Crippen molar-refractivity contribution in [3.05, 3.63) is 64.9 Å². The smallest absolute Gasteiger partial charge is 0.240 e. The standard InChI is InChI=1S/C18H18ClN3O3S/c1-26(24,25)12-17-21-15-4-2-3-5-16(15)22(17)11-18(23)20-10-13-6-8-14(19)9-7-13/h2-9H,10-12H2,1H3,(H,20,23). The molecule has 3 aromatic rings. The van der Waals surface area contributed by atoms with E-state index in [2.05, 4.69) is 10.3 Å². The van der Waals surface area contributed by atoms with Gasteiger partial charge in [-0.1, -0.05) is 35.9 Å². The van der Waals surface area contributed by atoms with Crippen molar-refractivity contribution in [3.8, 4) is 0 Å². The van der Waals surface area contributed by atoms with E-state index in [0.717, 1.165) is 17.3 Å². The minimum Gasteiger partial charge on any atom is -0.350 e. The molecular weight excluding hydrogens is 374 g/mol. The Hall–Kier alpha value is -2.38. The maximum absolute atomic E-state index is 12.4. The van der Waals surface area contributed by atoms with Crippen LogP contribution in [-0.4, -0.2) is 30.1 Å². The molecule has 0 spiro atoms. The van der Waals surface area contributed by atoms with Gasteiger partial charge in [-0.15, -0.1) is 0 Å². The fourth-order valence-electron chi connectivity index (χ4n) is 2.65. The number of nitrogens with one attached hydrogen (secondary N) is 1.